The molecule has 0 bridgehead atoms. The van der Waals surface area contributed by atoms with Gasteiger partial charge in [-0.1, -0.05) is 6.07 Å². The van der Waals surface area contributed by atoms with Gasteiger partial charge in [0.1, 0.15) is 0 Å². The minimum Gasteiger partial charge on any atom is -0.504 e. The third-order valence-corrected chi connectivity index (χ3v) is 3.56. The number of rotatable bonds is 3. The van der Waals surface area contributed by atoms with Crippen LogP contribution in [0.3, 0.4) is 0 Å². The van der Waals surface area contributed by atoms with Gasteiger partial charge in [0.15, 0.2) is 23.0 Å². The second-order valence-electron chi connectivity index (χ2n) is 5.00. The first-order valence-corrected chi connectivity index (χ1v) is 6.74. The van der Waals surface area contributed by atoms with Crippen molar-refractivity contribution in [1.29, 1.82) is 0 Å². The van der Waals surface area contributed by atoms with Crippen LogP contribution < -0.4 is 4.74 Å². The standard InChI is InChI=1S/C17H15NO4/c1-22-17-8-11-4-5-18-13(12(11)9-16(17)21)6-10-2-3-14(19)15(20)7-10/h2-5,7-9,19-21H,6H2,1H3. The molecule has 0 amide bonds. The van der Waals surface area contributed by atoms with E-state index < -0.39 is 0 Å². The van der Waals surface area contributed by atoms with Crippen molar-refractivity contribution in [3.63, 3.8) is 0 Å². The molecule has 3 N–H and O–H groups in total. The molecule has 0 aliphatic heterocycles. The maximum absolute atomic E-state index is 9.95. The van der Waals surface area contributed by atoms with Gasteiger partial charge in [-0.15, -0.1) is 0 Å². The van der Waals surface area contributed by atoms with Crippen molar-refractivity contribution in [2.75, 3.05) is 7.11 Å². The summed E-state index contributed by atoms with van der Waals surface area (Å²) in [5, 5.41) is 30.6. The van der Waals surface area contributed by atoms with Crippen molar-refractivity contribution in [3.8, 4) is 23.0 Å². The Morgan fingerprint density at radius 1 is 0.955 bits per heavy atom. The highest BCUT2D eigenvalue weighted by Crippen LogP contribution is 2.33. The normalized spacial score (nSPS) is 10.8. The first-order chi connectivity index (χ1) is 10.6. The summed E-state index contributed by atoms with van der Waals surface area (Å²) in [5.74, 6) is 0.143. The summed E-state index contributed by atoms with van der Waals surface area (Å²) in [6.45, 7) is 0. The van der Waals surface area contributed by atoms with E-state index in [-0.39, 0.29) is 17.2 Å². The second-order valence-corrected chi connectivity index (χ2v) is 5.00. The highest BCUT2D eigenvalue weighted by molar-refractivity contribution is 5.88. The number of phenols is 3. The lowest BCUT2D eigenvalue weighted by Gasteiger charge is -2.09. The van der Waals surface area contributed by atoms with Crippen molar-refractivity contribution in [1.82, 2.24) is 4.98 Å². The van der Waals surface area contributed by atoms with E-state index >= 15 is 0 Å². The van der Waals surface area contributed by atoms with E-state index in [1.807, 2.05) is 6.07 Å². The maximum Gasteiger partial charge on any atom is 0.161 e. The molecule has 0 unspecified atom stereocenters. The number of nitrogens with zero attached hydrogens (tertiary/aromatic N) is 1. The molecule has 3 aromatic rings. The Hall–Kier alpha value is -2.95. The number of hydrogen-bond acceptors (Lipinski definition) is 5. The van der Waals surface area contributed by atoms with Crippen LogP contribution in [0.5, 0.6) is 23.0 Å². The zero-order chi connectivity index (χ0) is 15.7. The third kappa shape index (κ3) is 2.48. The van der Waals surface area contributed by atoms with Gasteiger partial charge in [-0.05, 0) is 41.3 Å². The topological polar surface area (TPSA) is 82.8 Å². The molecule has 1 heterocycles. The molecule has 22 heavy (non-hydrogen) atoms. The van der Waals surface area contributed by atoms with E-state index in [4.69, 9.17) is 4.74 Å². The molecule has 0 radical (unpaired) electrons. The molecular formula is C17H15NO4. The van der Waals surface area contributed by atoms with Crippen molar-refractivity contribution in [3.05, 3.63) is 53.9 Å². The Bertz CT molecular complexity index is 845. The summed E-state index contributed by atoms with van der Waals surface area (Å²) in [7, 11) is 1.50. The number of fused-ring (bicyclic) bond motifs is 1. The van der Waals surface area contributed by atoms with Crippen LogP contribution in [0.2, 0.25) is 0 Å². The fraction of sp³-hybridized carbons (Fsp3) is 0.118. The summed E-state index contributed by atoms with van der Waals surface area (Å²) >= 11 is 0. The van der Waals surface area contributed by atoms with Gasteiger partial charge < -0.3 is 20.1 Å². The lowest BCUT2D eigenvalue weighted by atomic mass is 10.0. The number of aromatic nitrogens is 1. The molecule has 0 saturated heterocycles. The quantitative estimate of drug-likeness (QED) is 0.647. The predicted octanol–water partition coefficient (Wildman–Crippen LogP) is 2.95. The number of ether oxygens (including phenoxy) is 1. The fourth-order valence-electron chi connectivity index (χ4n) is 2.43. The van der Waals surface area contributed by atoms with Crippen molar-refractivity contribution in [2.45, 2.75) is 6.42 Å². The molecule has 112 valence electrons. The van der Waals surface area contributed by atoms with Crippen LogP contribution in [0, 0.1) is 0 Å². The molecule has 5 nitrogen and oxygen atoms in total. The van der Waals surface area contributed by atoms with Crippen LogP contribution in [-0.4, -0.2) is 27.4 Å². The van der Waals surface area contributed by atoms with Gasteiger partial charge >= 0.3 is 0 Å². The zero-order valence-electron chi connectivity index (χ0n) is 11.9. The molecule has 3 rings (SSSR count). The van der Waals surface area contributed by atoms with E-state index in [9.17, 15) is 15.3 Å². The molecule has 0 spiro atoms. The average molecular weight is 297 g/mol. The van der Waals surface area contributed by atoms with Gasteiger partial charge in [-0.25, -0.2) is 0 Å². The number of methoxy groups -OCH3 is 1. The molecule has 2 aromatic carbocycles. The number of hydrogen-bond donors (Lipinski definition) is 3. The number of aromatic hydroxyl groups is 3. The van der Waals surface area contributed by atoms with Gasteiger partial charge in [-0.3, -0.25) is 4.98 Å². The smallest absolute Gasteiger partial charge is 0.161 e. The monoisotopic (exact) mass is 297 g/mol. The SMILES string of the molecule is COc1cc2ccnc(Cc3ccc(O)c(O)c3)c2cc1O. The van der Waals surface area contributed by atoms with Gasteiger partial charge in [0.25, 0.3) is 0 Å². The third-order valence-electron chi connectivity index (χ3n) is 3.56. The molecule has 0 fully saturated rings. The molecule has 0 aliphatic carbocycles. The van der Waals surface area contributed by atoms with Crippen LogP contribution in [0.15, 0.2) is 42.6 Å². The summed E-state index contributed by atoms with van der Waals surface area (Å²) in [4.78, 5) is 4.35. The average Bonchev–Trinajstić information content (AvgIpc) is 2.51. The van der Waals surface area contributed by atoms with Crippen LogP contribution in [0.25, 0.3) is 10.8 Å². The minimum atomic E-state index is -0.165. The first-order valence-electron chi connectivity index (χ1n) is 6.74. The summed E-state index contributed by atoms with van der Waals surface area (Å²) in [6.07, 6.45) is 2.16. The molecular weight excluding hydrogens is 282 g/mol. The van der Waals surface area contributed by atoms with Gasteiger partial charge in [0.05, 0.1) is 12.8 Å². The van der Waals surface area contributed by atoms with E-state index in [1.54, 1.807) is 24.4 Å². The fourth-order valence-corrected chi connectivity index (χ4v) is 2.43. The number of pyridine rings is 1. The van der Waals surface area contributed by atoms with Gasteiger partial charge in [0.2, 0.25) is 0 Å². The van der Waals surface area contributed by atoms with Crippen LogP contribution >= 0.6 is 0 Å². The largest absolute Gasteiger partial charge is 0.504 e. The zero-order valence-corrected chi connectivity index (χ0v) is 11.9. The molecule has 0 saturated carbocycles. The number of benzene rings is 2. The Morgan fingerprint density at radius 3 is 2.50 bits per heavy atom. The Kier molecular flexibility index (Phi) is 3.47. The maximum atomic E-state index is 9.95. The second kappa shape index (κ2) is 5.44. The summed E-state index contributed by atoms with van der Waals surface area (Å²) < 4.78 is 5.11. The summed E-state index contributed by atoms with van der Waals surface area (Å²) in [6, 6.07) is 9.88. The van der Waals surface area contributed by atoms with E-state index in [0.29, 0.717) is 12.2 Å². The minimum absolute atomic E-state index is 0.0535. The molecule has 0 aliphatic rings. The van der Waals surface area contributed by atoms with Crippen molar-refractivity contribution < 1.29 is 20.1 Å². The van der Waals surface area contributed by atoms with E-state index in [0.717, 1.165) is 22.0 Å². The Morgan fingerprint density at radius 2 is 1.77 bits per heavy atom. The van der Waals surface area contributed by atoms with Gasteiger partial charge in [-0.2, -0.15) is 0 Å². The van der Waals surface area contributed by atoms with E-state index in [1.165, 1.54) is 19.2 Å². The van der Waals surface area contributed by atoms with Crippen LogP contribution in [-0.2, 0) is 6.42 Å². The highest BCUT2D eigenvalue weighted by Gasteiger charge is 2.10. The Labute approximate surface area is 127 Å². The molecule has 0 atom stereocenters. The molecule has 5 heteroatoms. The van der Waals surface area contributed by atoms with Gasteiger partial charge in [0, 0.05) is 18.0 Å². The van der Waals surface area contributed by atoms with Crippen molar-refractivity contribution in [2.24, 2.45) is 0 Å². The lowest BCUT2D eigenvalue weighted by molar-refractivity contribution is 0.374. The van der Waals surface area contributed by atoms with Crippen LogP contribution in [0.4, 0.5) is 0 Å². The van der Waals surface area contributed by atoms with Crippen molar-refractivity contribution >= 4 is 10.8 Å². The highest BCUT2D eigenvalue weighted by atomic mass is 16.5. The van der Waals surface area contributed by atoms with Crippen LogP contribution in [0.1, 0.15) is 11.3 Å². The molecule has 1 aromatic heterocycles. The first kappa shape index (κ1) is 14.0. The number of phenolic OH excluding ortho intramolecular Hbond substituents is 3. The van der Waals surface area contributed by atoms with E-state index in [2.05, 4.69) is 4.98 Å². The Balaban J connectivity index is 2.06. The predicted molar refractivity (Wildman–Crippen MR) is 82.5 cm³/mol. The summed E-state index contributed by atoms with van der Waals surface area (Å²) in [5.41, 5.74) is 1.58. The lowest BCUT2D eigenvalue weighted by Crippen LogP contribution is -1.94.